The van der Waals surface area contributed by atoms with Crippen LogP contribution in [-0.4, -0.2) is 41.1 Å². The fourth-order valence-electron chi connectivity index (χ4n) is 2.10. The topological polar surface area (TPSA) is 46.6 Å². The maximum absolute atomic E-state index is 11.9. The van der Waals surface area contributed by atoms with Crippen molar-refractivity contribution in [3.63, 3.8) is 0 Å². The summed E-state index contributed by atoms with van der Waals surface area (Å²) < 4.78 is 5.56. The number of aldehydes is 1. The van der Waals surface area contributed by atoms with Gasteiger partial charge in [0.1, 0.15) is 12.3 Å². The molecule has 0 aromatic heterocycles. The molecule has 1 aromatic carbocycles. The van der Waals surface area contributed by atoms with E-state index in [0.717, 1.165) is 23.6 Å². The quantitative estimate of drug-likeness (QED) is 0.436. The van der Waals surface area contributed by atoms with Crippen LogP contribution in [0.5, 0.6) is 0 Å². The Kier molecular flexibility index (Phi) is 5.10. The zero-order valence-corrected chi connectivity index (χ0v) is 12.1. The lowest BCUT2D eigenvalue weighted by Crippen LogP contribution is -2.66. The molecule has 0 saturated carbocycles. The molecule has 19 heavy (non-hydrogen) atoms. The van der Waals surface area contributed by atoms with Crippen LogP contribution in [0.2, 0.25) is 0 Å². The van der Waals surface area contributed by atoms with E-state index < -0.39 is 12.1 Å². The number of alkyl halides is 1. The van der Waals surface area contributed by atoms with Crippen molar-refractivity contribution in [2.45, 2.75) is 25.2 Å². The van der Waals surface area contributed by atoms with Crippen molar-refractivity contribution in [1.82, 2.24) is 4.90 Å². The van der Waals surface area contributed by atoms with E-state index in [1.54, 1.807) is 4.90 Å². The van der Waals surface area contributed by atoms with Gasteiger partial charge in [-0.15, -0.1) is 0 Å². The standard InChI is InChI=1S/C14H16BrNO3/c15-7-4-8-16-12(9-17)13(14(16)18)19-10-11-5-2-1-3-6-11/h1-3,5-6,9,12-13H,4,7-8,10H2/t12-,13+/m0/s1. The fourth-order valence-corrected chi connectivity index (χ4v) is 2.35. The van der Waals surface area contributed by atoms with Crippen LogP contribution in [0.3, 0.4) is 0 Å². The molecule has 4 nitrogen and oxygen atoms in total. The van der Waals surface area contributed by atoms with Gasteiger partial charge in [-0.2, -0.15) is 0 Å². The highest BCUT2D eigenvalue weighted by Gasteiger charge is 2.47. The van der Waals surface area contributed by atoms with Crippen LogP contribution in [0.1, 0.15) is 12.0 Å². The number of benzene rings is 1. The fraction of sp³-hybridized carbons (Fsp3) is 0.429. The predicted octanol–water partition coefficient (Wildman–Crippen LogP) is 1.77. The minimum atomic E-state index is -0.618. The molecule has 2 rings (SSSR count). The van der Waals surface area contributed by atoms with Gasteiger partial charge < -0.3 is 14.4 Å². The molecule has 0 N–H and O–H groups in total. The smallest absolute Gasteiger partial charge is 0.255 e. The van der Waals surface area contributed by atoms with E-state index in [-0.39, 0.29) is 5.91 Å². The molecule has 5 heteroatoms. The van der Waals surface area contributed by atoms with Crippen LogP contribution in [-0.2, 0) is 20.9 Å². The van der Waals surface area contributed by atoms with E-state index in [1.807, 2.05) is 30.3 Å². The summed E-state index contributed by atoms with van der Waals surface area (Å²) in [7, 11) is 0. The normalized spacial score (nSPS) is 22.2. The maximum Gasteiger partial charge on any atom is 0.255 e. The number of ether oxygens (including phenoxy) is 1. The minimum Gasteiger partial charge on any atom is -0.361 e. The SMILES string of the molecule is O=C[C@H]1[C@@H](OCc2ccccc2)C(=O)N1CCCBr. The van der Waals surface area contributed by atoms with Gasteiger partial charge in [0, 0.05) is 11.9 Å². The second kappa shape index (κ2) is 6.82. The number of nitrogens with zero attached hydrogens (tertiary/aromatic N) is 1. The first-order chi connectivity index (χ1) is 9.27. The Morgan fingerprint density at radius 3 is 2.68 bits per heavy atom. The third-order valence-electron chi connectivity index (χ3n) is 3.14. The highest BCUT2D eigenvalue weighted by Crippen LogP contribution is 2.23. The lowest BCUT2D eigenvalue weighted by molar-refractivity contribution is -0.176. The van der Waals surface area contributed by atoms with Crippen LogP contribution in [0.15, 0.2) is 30.3 Å². The number of β-lactam (4-membered cyclic amide) rings is 1. The maximum atomic E-state index is 11.9. The number of rotatable bonds is 7. The van der Waals surface area contributed by atoms with Crippen molar-refractivity contribution in [2.24, 2.45) is 0 Å². The van der Waals surface area contributed by atoms with Crippen molar-refractivity contribution in [1.29, 1.82) is 0 Å². The zero-order chi connectivity index (χ0) is 13.7. The average Bonchev–Trinajstić information content (AvgIpc) is 2.45. The number of halogens is 1. The lowest BCUT2D eigenvalue weighted by atomic mass is 9.99. The Hall–Kier alpha value is -1.20. The van der Waals surface area contributed by atoms with E-state index >= 15 is 0 Å². The summed E-state index contributed by atoms with van der Waals surface area (Å²) >= 11 is 3.31. The summed E-state index contributed by atoms with van der Waals surface area (Å²) in [5.41, 5.74) is 0.999. The first kappa shape index (κ1) is 14.2. The highest BCUT2D eigenvalue weighted by molar-refractivity contribution is 9.09. The molecule has 1 aliphatic rings. The Balaban J connectivity index is 1.87. The zero-order valence-electron chi connectivity index (χ0n) is 10.5. The molecule has 1 saturated heterocycles. The van der Waals surface area contributed by atoms with Crippen LogP contribution in [0.4, 0.5) is 0 Å². The lowest BCUT2D eigenvalue weighted by Gasteiger charge is -2.43. The van der Waals surface area contributed by atoms with Crippen molar-refractivity contribution in [3.05, 3.63) is 35.9 Å². The van der Waals surface area contributed by atoms with Crippen molar-refractivity contribution < 1.29 is 14.3 Å². The van der Waals surface area contributed by atoms with Crippen LogP contribution < -0.4 is 0 Å². The van der Waals surface area contributed by atoms with E-state index in [2.05, 4.69) is 15.9 Å². The Morgan fingerprint density at radius 1 is 1.32 bits per heavy atom. The molecule has 2 atom stereocenters. The number of hydrogen-bond donors (Lipinski definition) is 0. The van der Waals surface area contributed by atoms with Gasteiger partial charge in [-0.05, 0) is 12.0 Å². The molecule has 1 aromatic rings. The van der Waals surface area contributed by atoms with Crippen molar-refractivity contribution in [2.75, 3.05) is 11.9 Å². The number of likely N-dealkylation sites (tertiary alicyclic amines) is 1. The molecule has 102 valence electrons. The molecule has 1 aliphatic heterocycles. The molecular formula is C14H16BrNO3. The van der Waals surface area contributed by atoms with Gasteiger partial charge in [0.15, 0.2) is 6.10 Å². The largest absolute Gasteiger partial charge is 0.361 e. The molecular weight excluding hydrogens is 310 g/mol. The van der Waals surface area contributed by atoms with E-state index in [9.17, 15) is 9.59 Å². The molecule has 1 amide bonds. The second-order valence-electron chi connectivity index (χ2n) is 4.42. The molecule has 1 fully saturated rings. The minimum absolute atomic E-state index is 0.0889. The summed E-state index contributed by atoms with van der Waals surface area (Å²) in [5.74, 6) is -0.0889. The van der Waals surface area contributed by atoms with E-state index in [0.29, 0.717) is 13.2 Å². The molecule has 0 unspecified atom stereocenters. The monoisotopic (exact) mass is 325 g/mol. The summed E-state index contributed by atoms with van der Waals surface area (Å²) in [6.45, 7) is 0.951. The average molecular weight is 326 g/mol. The predicted molar refractivity (Wildman–Crippen MR) is 75.0 cm³/mol. The van der Waals surface area contributed by atoms with E-state index in [4.69, 9.17) is 4.74 Å². The van der Waals surface area contributed by atoms with Gasteiger partial charge >= 0.3 is 0 Å². The second-order valence-corrected chi connectivity index (χ2v) is 5.21. The van der Waals surface area contributed by atoms with Crippen LogP contribution in [0.25, 0.3) is 0 Å². The van der Waals surface area contributed by atoms with Crippen molar-refractivity contribution in [3.8, 4) is 0 Å². The number of carbonyl (C=O) groups excluding carboxylic acids is 2. The summed E-state index contributed by atoms with van der Waals surface area (Å²) in [5, 5.41) is 0.817. The highest BCUT2D eigenvalue weighted by atomic mass is 79.9. The first-order valence-corrected chi connectivity index (χ1v) is 7.37. The van der Waals surface area contributed by atoms with Crippen LogP contribution in [0, 0.1) is 0 Å². The van der Waals surface area contributed by atoms with Gasteiger partial charge in [0.2, 0.25) is 0 Å². The van der Waals surface area contributed by atoms with Gasteiger partial charge in [-0.1, -0.05) is 46.3 Å². The molecule has 1 heterocycles. The van der Waals surface area contributed by atoms with Crippen LogP contribution >= 0.6 is 15.9 Å². The van der Waals surface area contributed by atoms with Gasteiger partial charge in [0.25, 0.3) is 5.91 Å². The number of amides is 1. The Bertz CT molecular complexity index is 438. The van der Waals surface area contributed by atoms with Gasteiger partial charge in [-0.25, -0.2) is 0 Å². The molecule has 0 bridgehead atoms. The van der Waals surface area contributed by atoms with Gasteiger partial charge in [0.05, 0.1) is 6.61 Å². The Labute approximate surface area is 120 Å². The molecule has 0 aliphatic carbocycles. The first-order valence-electron chi connectivity index (χ1n) is 6.25. The number of carbonyl (C=O) groups is 2. The third kappa shape index (κ3) is 3.22. The Morgan fingerprint density at radius 2 is 2.05 bits per heavy atom. The number of hydrogen-bond acceptors (Lipinski definition) is 3. The summed E-state index contributed by atoms with van der Waals surface area (Å²) in [4.78, 5) is 24.5. The van der Waals surface area contributed by atoms with E-state index in [1.165, 1.54) is 0 Å². The third-order valence-corrected chi connectivity index (χ3v) is 3.70. The summed E-state index contributed by atoms with van der Waals surface area (Å²) in [6.07, 6.45) is 1.01. The molecule has 0 radical (unpaired) electrons. The molecule has 0 spiro atoms. The van der Waals surface area contributed by atoms with Gasteiger partial charge in [-0.3, -0.25) is 4.79 Å². The van der Waals surface area contributed by atoms with Crippen molar-refractivity contribution >= 4 is 28.1 Å². The summed E-state index contributed by atoms with van der Waals surface area (Å²) in [6, 6.07) is 9.19.